The van der Waals surface area contributed by atoms with Crippen LogP contribution in [0, 0.1) is 0 Å². The predicted molar refractivity (Wildman–Crippen MR) is 97.8 cm³/mol. The van der Waals surface area contributed by atoms with Gasteiger partial charge in [0, 0.05) is 6.42 Å². The molecular formula is C17H34O3S2. The van der Waals surface area contributed by atoms with E-state index in [1.54, 1.807) is 0 Å². The van der Waals surface area contributed by atoms with Gasteiger partial charge in [0.25, 0.3) is 14.0 Å². The minimum atomic E-state index is -3.54. The fourth-order valence-electron chi connectivity index (χ4n) is 2.51. The van der Waals surface area contributed by atoms with Crippen molar-refractivity contribution in [2.75, 3.05) is 6.26 Å². The predicted octanol–water partition coefficient (Wildman–Crippen LogP) is 5.69. The van der Waals surface area contributed by atoms with Gasteiger partial charge in [-0.25, -0.2) is 8.42 Å². The normalized spacial score (nSPS) is 11.7. The molecule has 0 amide bonds. The molecule has 0 saturated carbocycles. The summed E-state index contributed by atoms with van der Waals surface area (Å²) in [5.41, 5.74) is 0. The Balaban J connectivity index is 3.26. The van der Waals surface area contributed by atoms with Gasteiger partial charge in [0.15, 0.2) is 0 Å². The van der Waals surface area contributed by atoms with Crippen molar-refractivity contribution in [3.63, 3.8) is 0 Å². The lowest BCUT2D eigenvalue weighted by Crippen LogP contribution is -2.09. The number of carbonyl (C=O) groups excluding carboxylic acids is 1. The number of hydrogen-bond acceptors (Lipinski definition) is 4. The van der Waals surface area contributed by atoms with E-state index < -0.39 is 14.0 Å². The van der Waals surface area contributed by atoms with Gasteiger partial charge in [0.05, 0.1) is 0 Å². The summed E-state index contributed by atoms with van der Waals surface area (Å²) in [7, 11) is -2.89. The van der Waals surface area contributed by atoms with Crippen molar-refractivity contribution in [1.82, 2.24) is 0 Å². The first-order chi connectivity index (χ1) is 10.5. The molecule has 0 N–H and O–H groups in total. The highest BCUT2D eigenvalue weighted by Crippen LogP contribution is 2.16. The second kappa shape index (κ2) is 14.6. The van der Waals surface area contributed by atoms with Gasteiger partial charge in [-0.15, -0.1) is 0 Å². The maximum Gasteiger partial charge on any atom is 0.263 e. The topological polar surface area (TPSA) is 51.2 Å². The summed E-state index contributed by atoms with van der Waals surface area (Å²) >= 11 is 0. The van der Waals surface area contributed by atoms with E-state index in [1.807, 2.05) is 0 Å². The fourth-order valence-corrected chi connectivity index (χ4v) is 3.89. The van der Waals surface area contributed by atoms with Crippen molar-refractivity contribution in [1.29, 1.82) is 0 Å². The Morgan fingerprint density at radius 2 is 1.09 bits per heavy atom. The maximum atomic E-state index is 11.4. The molecule has 0 aromatic heterocycles. The average molecular weight is 351 g/mol. The molecule has 0 aliphatic carbocycles. The monoisotopic (exact) mass is 350 g/mol. The van der Waals surface area contributed by atoms with E-state index >= 15 is 0 Å². The molecule has 0 saturated heterocycles. The molecule has 132 valence electrons. The summed E-state index contributed by atoms with van der Waals surface area (Å²) in [5.74, 6) is 0. The Hall–Kier alpha value is -0.0300. The molecule has 22 heavy (non-hydrogen) atoms. The average Bonchev–Trinajstić information content (AvgIpc) is 2.51. The van der Waals surface area contributed by atoms with E-state index in [9.17, 15) is 13.2 Å². The van der Waals surface area contributed by atoms with Crippen molar-refractivity contribution < 1.29 is 13.2 Å². The molecule has 5 heteroatoms. The number of unbranched alkanes of at least 4 members (excludes halogenated alkanes) is 12. The highest BCUT2D eigenvalue weighted by atomic mass is 33.1. The fraction of sp³-hybridized carbons (Fsp3) is 0.941. The van der Waals surface area contributed by atoms with Crippen LogP contribution in [0.5, 0.6) is 0 Å². The highest BCUT2D eigenvalue weighted by molar-refractivity contribution is 8.77. The maximum absolute atomic E-state index is 11.4. The van der Waals surface area contributed by atoms with Gasteiger partial charge >= 0.3 is 0 Å². The van der Waals surface area contributed by atoms with Gasteiger partial charge in [-0.1, -0.05) is 84.0 Å². The molecule has 0 spiro atoms. The van der Waals surface area contributed by atoms with E-state index in [-0.39, 0.29) is 6.42 Å². The Morgan fingerprint density at radius 1 is 0.727 bits per heavy atom. The molecule has 0 aromatic carbocycles. The van der Waals surface area contributed by atoms with E-state index in [2.05, 4.69) is 6.92 Å². The molecular weight excluding hydrogens is 316 g/mol. The molecule has 0 aromatic rings. The third kappa shape index (κ3) is 12.5. The molecule has 0 bridgehead atoms. The molecule has 0 heterocycles. The van der Waals surface area contributed by atoms with Crippen LogP contribution in [0.1, 0.15) is 96.8 Å². The van der Waals surface area contributed by atoms with E-state index in [0.29, 0.717) is 17.2 Å². The molecule has 0 aliphatic heterocycles. The summed E-state index contributed by atoms with van der Waals surface area (Å²) in [6.45, 7) is 2.25. The zero-order chi connectivity index (χ0) is 16.7. The van der Waals surface area contributed by atoms with Crippen LogP contribution in [-0.4, -0.2) is 19.8 Å². The summed E-state index contributed by atoms with van der Waals surface area (Å²) in [6.07, 6.45) is 17.8. The van der Waals surface area contributed by atoms with Gasteiger partial charge in [0.2, 0.25) is 0 Å². The minimum Gasteiger partial charge on any atom is -0.281 e. The zero-order valence-electron chi connectivity index (χ0n) is 14.4. The first kappa shape index (κ1) is 22.0. The summed E-state index contributed by atoms with van der Waals surface area (Å²) in [4.78, 5) is 11.4. The standard InChI is InChI=1S/C17H34O3S2/c1-3-4-5-6-7-8-9-10-11-12-13-14-15-16-17(18)22(19,20)21-2/h3-16H2,1-2H3. The first-order valence-corrected chi connectivity index (χ1v) is 12.1. The lowest BCUT2D eigenvalue weighted by Gasteiger charge is -2.03. The van der Waals surface area contributed by atoms with E-state index in [4.69, 9.17) is 0 Å². The third-order valence-corrected chi connectivity index (χ3v) is 7.06. The smallest absolute Gasteiger partial charge is 0.263 e. The van der Waals surface area contributed by atoms with Crippen LogP contribution in [0.4, 0.5) is 0 Å². The molecule has 0 radical (unpaired) electrons. The van der Waals surface area contributed by atoms with Crippen molar-refractivity contribution in [2.24, 2.45) is 0 Å². The minimum absolute atomic E-state index is 0.181. The largest absolute Gasteiger partial charge is 0.281 e. The molecule has 0 rings (SSSR count). The van der Waals surface area contributed by atoms with E-state index in [0.717, 1.165) is 12.8 Å². The van der Waals surface area contributed by atoms with Gasteiger partial charge in [-0.2, -0.15) is 0 Å². The van der Waals surface area contributed by atoms with Crippen LogP contribution >= 0.6 is 10.8 Å². The number of hydrogen-bond donors (Lipinski definition) is 0. The molecule has 0 aliphatic rings. The summed E-state index contributed by atoms with van der Waals surface area (Å²) in [6, 6.07) is 0. The van der Waals surface area contributed by atoms with Crippen molar-refractivity contribution in [2.45, 2.75) is 96.8 Å². The SMILES string of the molecule is CCCCCCCCCCCCCCCC(=O)S(=O)(=O)SC. The van der Waals surface area contributed by atoms with Crippen molar-refractivity contribution >= 4 is 24.8 Å². The third-order valence-electron chi connectivity index (χ3n) is 3.98. The highest BCUT2D eigenvalue weighted by Gasteiger charge is 2.19. The van der Waals surface area contributed by atoms with Crippen LogP contribution in [0.3, 0.4) is 0 Å². The van der Waals surface area contributed by atoms with Crippen LogP contribution in [0.25, 0.3) is 0 Å². The van der Waals surface area contributed by atoms with Gasteiger partial charge in [0.1, 0.15) is 0 Å². The number of rotatable bonds is 15. The Morgan fingerprint density at radius 3 is 1.45 bits per heavy atom. The lowest BCUT2D eigenvalue weighted by atomic mass is 10.0. The van der Waals surface area contributed by atoms with E-state index in [1.165, 1.54) is 70.5 Å². The Labute approximate surface area is 141 Å². The van der Waals surface area contributed by atoms with Crippen molar-refractivity contribution in [3.8, 4) is 0 Å². The Bertz CT molecular complexity index is 364. The van der Waals surface area contributed by atoms with Crippen LogP contribution in [0.2, 0.25) is 0 Å². The second-order valence-corrected chi connectivity index (χ2v) is 10.00. The van der Waals surface area contributed by atoms with Crippen LogP contribution in [-0.2, 0) is 13.7 Å². The molecule has 0 unspecified atom stereocenters. The zero-order valence-corrected chi connectivity index (χ0v) is 16.1. The Kier molecular flexibility index (Phi) is 14.5. The first-order valence-electron chi connectivity index (χ1n) is 8.88. The summed E-state index contributed by atoms with van der Waals surface area (Å²) < 4.78 is 22.5. The van der Waals surface area contributed by atoms with Gasteiger partial charge in [-0.3, -0.25) is 4.79 Å². The molecule has 3 nitrogen and oxygen atoms in total. The molecule has 0 atom stereocenters. The molecule has 0 fully saturated rings. The summed E-state index contributed by atoms with van der Waals surface area (Å²) in [5, 5.41) is -0.608. The van der Waals surface area contributed by atoms with Crippen LogP contribution < -0.4 is 0 Å². The number of carbonyl (C=O) groups is 1. The second-order valence-electron chi connectivity index (χ2n) is 5.99. The quantitative estimate of drug-likeness (QED) is 0.281. The van der Waals surface area contributed by atoms with Crippen LogP contribution in [0.15, 0.2) is 0 Å². The van der Waals surface area contributed by atoms with Crippen molar-refractivity contribution in [3.05, 3.63) is 0 Å². The lowest BCUT2D eigenvalue weighted by molar-refractivity contribution is -0.111. The van der Waals surface area contributed by atoms with Gasteiger partial charge in [-0.05, 0) is 23.5 Å². The van der Waals surface area contributed by atoms with Gasteiger partial charge < -0.3 is 0 Å².